The van der Waals surface area contributed by atoms with E-state index in [1.54, 1.807) is 6.07 Å². The molecule has 1 aliphatic rings. The molecule has 0 spiro atoms. The number of ether oxygens (including phenoxy) is 2. The Morgan fingerprint density at radius 3 is 2.64 bits per heavy atom. The molecule has 0 saturated heterocycles. The van der Waals surface area contributed by atoms with Crippen LogP contribution in [0.15, 0.2) is 65.6 Å². The molecule has 0 radical (unpaired) electrons. The van der Waals surface area contributed by atoms with E-state index in [9.17, 15) is 20.1 Å². The van der Waals surface area contributed by atoms with Crippen molar-refractivity contribution in [2.75, 3.05) is 27.3 Å². The number of rotatable bonds is 7. The van der Waals surface area contributed by atoms with Crippen LogP contribution in [0.2, 0.25) is 0 Å². The third-order valence-electron chi connectivity index (χ3n) is 5.74. The average Bonchev–Trinajstić information content (AvgIpc) is 2.77. The molecule has 2 unspecified atom stereocenters. The molecule has 33 heavy (non-hydrogen) atoms. The van der Waals surface area contributed by atoms with Crippen molar-refractivity contribution in [2.24, 2.45) is 5.92 Å². The maximum atomic E-state index is 12.5. The van der Waals surface area contributed by atoms with Gasteiger partial charge < -0.3 is 29.7 Å². The van der Waals surface area contributed by atoms with Gasteiger partial charge in [-0.3, -0.25) is 0 Å². The molecule has 176 valence electrons. The van der Waals surface area contributed by atoms with Gasteiger partial charge in [-0.25, -0.2) is 4.79 Å². The number of aliphatic hydroxyl groups is 1. The second kappa shape index (κ2) is 10.4. The predicted octanol–water partition coefficient (Wildman–Crippen LogP) is 4.10. The van der Waals surface area contributed by atoms with Crippen molar-refractivity contribution in [1.29, 1.82) is 0 Å². The molecular formula is C26H31NO6. The Morgan fingerprint density at radius 2 is 1.91 bits per heavy atom. The van der Waals surface area contributed by atoms with Gasteiger partial charge in [-0.05, 0) is 59.5 Å². The minimum absolute atomic E-state index is 0.0331. The van der Waals surface area contributed by atoms with E-state index < -0.39 is 12.1 Å². The highest BCUT2D eigenvalue weighted by atomic mass is 16.5. The number of aliphatic hydroxyl groups excluding tert-OH is 1. The third-order valence-corrected chi connectivity index (χ3v) is 5.74. The van der Waals surface area contributed by atoms with E-state index in [-0.39, 0.29) is 36.2 Å². The number of allylic oxidation sites excluding steroid dienone is 4. The molecule has 2 aromatic rings. The number of aromatic hydroxyl groups is 2. The first-order valence-corrected chi connectivity index (χ1v) is 10.8. The number of carbonyl (C=O) groups excluding carboxylic acids is 1. The maximum absolute atomic E-state index is 12.5. The first-order valence-electron chi connectivity index (χ1n) is 10.8. The first-order chi connectivity index (χ1) is 15.7. The van der Waals surface area contributed by atoms with Gasteiger partial charge in [-0.15, -0.1) is 0 Å². The van der Waals surface area contributed by atoms with Crippen molar-refractivity contribution in [1.82, 2.24) is 4.90 Å². The lowest BCUT2D eigenvalue weighted by molar-refractivity contribution is 0.00128. The summed E-state index contributed by atoms with van der Waals surface area (Å²) in [6, 6.07) is 7.51. The molecule has 0 aliphatic heterocycles. The summed E-state index contributed by atoms with van der Waals surface area (Å²) in [5.74, 6) is 0.0318. The molecular weight excluding hydrogens is 422 g/mol. The highest BCUT2D eigenvalue weighted by molar-refractivity contribution is 5.98. The standard InChI is InChI=1S/C26H31NO6/c1-16-6-5-7-20(27(3)4)13-25(17(16)2)32-14-22(29)15-33-26(31)23-11-19-10-21(28)9-8-18(19)12-24(23)30/h5-12,16,22,28-30H,13-15H2,1-4H3. The minimum Gasteiger partial charge on any atom is -0.508 e. The molecule has 3 rings (SSSR count). The zero-order valence-corrected chi connectivity index (χ0v) is 19.4. The van der Waals surface area contributed by atoms with Gasteiger partial charge in [0.25, 0.3) is 0 Å². The van der Waals surface area contributed by atoms with Crippen LogP contribution < -0.4 is 0 Å². The van der Waals surface area contributed by atoms with Crippen LogP contribution in [0.25, 0.3) is 10.8 Å². The minimum atomic E-state index is -1.04. The molecule has 0 fully saturated rings. The highest BCUT2D eigenvalue weighted by Gasteiger charge is 2.19. The van der Waals surface area contributed by atoms with Gasteiger partial charge in [0.05, 0.1) is 0 Å². The molecule has 0 saturated carbocycles. The quantitative estimate of drug-likeness (QED) is 0.543. The lowest BCUT2D eigenvalue weighted by Crippen LogP contribution is -2.24. The molecule has 0 heterocycles. The van der Waals surface area contributed by atoms with Crippen LogP contribution in [-0.4, -0.2) is 59.6 Å². The second-order valence-corrected chi connectivity index (χ2v) is 8.47. The number of hydrogen-bond donors (Lipinski definition) is 3. The molecule has 2 atom stereocenters. The van der Waals surface area contributed by atoms with Crippen LogP contribution in [0.3, 0.4) is 0 Å². The number of nitrogens with zero attached hydrogens (tertiary/aromatic N) is 1. The van der Waals surface area contributed by atoms with E-state index in [4.69, 9.17) is 9.47 Å². The Labute approximate surface area is 193 Å². The van der Waals surface area contributed by atoms with Crippen molar-refractivity contribution < 1.29 is 29.6 Å². The summed E-state index contributed by atoms with van der Waals surface area (Å²) in [6.45, 7) is 3.77. The fraction of sp³-hybridized carbons (Fsp3) is 0.346. The van der Waals surface area contributed by atoms with E-state index in [1.807, 2.05) is 38.1 Å². The fourth-order valence-corrected chi connectivity index (χ4v) is 3.50. The molecule has 7 heteroatoms. The van der Waals surface area contributed by atoms with Crippen LogP contribution in [0.5, 0.6) is 11.5 Å². The predicted molar refractivity (Wildman–Crippen MR) is 127 cm³/mol. The Kier molecular flexibility index (Phi) is 7.66. The van der Waals surface area contributed by atoms with E-state index in [2.05, 4.69) is 13.0 Å². The number of phenols is 2. The van der Waals surface area contributed by atoms with Gasteiger partial charge >= 0.3 is 5.97 Å². The molecule has 0 aromatic heterocycles. The van der Waals surface area contributed by atoms with Crippen LogP contribution in [0, 0.1) is 5.92 Å². The van der Waals surface area contributed by atoms with Crippen LogP contribution in [-0.2, 0) is 9.47 Å². The molecule has 0 bridgehead atoms. The largest absolute Gasteiger partial charge is 0.508 e. The Morgan fingerprint density at radius 1 is 1.15 bits per heavy atom. The number of fused-ring (bicyclic) bond motifs is 1. The third kappa shape index (κ3) is 6.08. The Bertz CT molecular complexity index is 1120. The zero-order valence-electron chi connectivity index (χ0n) is 19.4. The Hall–Kier alpha value is -3.45. The summed E-state index contributed by atoms with van der Waals surface area (Å²) >= 11 is 0. The van der Waals surface area contributed by atoms with Gasteiger partial charge in [0.15, 0.2) is 0 Å². The van der Waals surface area contributed by atoms with Crippen LogP contribution >= 0.6 is 0 Å². The van der Waals surface area contributed by atoms with E-state index in [1.165, 1.54) is 24.3 Å². The molecule has 3 N–H and O–H groups in total. The lowest BCUT2D eigenvalue weighted by atomic mass is 9.97. The Balaban J connectivity index is 1.62. The summed E-state index contributed by atoms with van der Waals surface area (Å²) < 4.78 is 11.1. The first kappa shape index (κ1) is 24.2. The summed E-state index contributed by atoms with van der Waals surface area (Å²) in [4.78, 5) is 14.5. The van der Waals surface area contributed by atoms with E-state index in [0.29, 0.717) is 17.2 Å². The van der Waals surface area contributed by atoms with E-state index in [0.717, 1.165) is 17.0 Å². The monoisotopic (exact) mass is 453 g/mol. The van der Waals surface area contributed by atoms with Crippen molar-refractivity contribution in [3.8, 4) is 11.5 Å². The van der Waals surface area contributed by atoms with Gasteiger partial charge in [-0.1, -0.05) is 25.1 Å². The number of carbonyl (C=O) groups is 1. The van der Waals surface area contributed by atoms with Gasteiger partial charge in [0.2, 0.25) is 0 Å². The van der Waals surface area contributed by atoms with Gasteiger partial charge in [0.1, 0.15) is 42.1 Å². The average molecular weight is 454 g/mol. The number of esters is 1. The molecule has 2 aromatic carbocycles. The van der Waals surface area contributed by atoms with E-state index >= 15 is 0 Å². The van der Waals surface area contributed by atoms with Crippen LogP contribution in [0.4, 0.5) is 0 Å². The van der Waals surface area contributed by atoms with Crippen LogP contribution in [0.1, 0.15) is 30.6 Å². The van der Waals surface area contributed by atoms with Gasteiger partial charge in [-0.2, -0.15) is 0 Å². The summed E-state index contributed by atoms with van der Waals surface area (Å²) in [5.41, 5.74) is 2.11. The molecule has 1 aliphatic carbocycles. The maximum Gasteiger partial charge on any atom is 0.342 e. The SMILES string of the molecule is CC1=C(OCC(O)COC(=O)c2cc3cc(O)ccc3cc2O)CC(N(C)C)=CC=CC1C. The number of hydrogen-bond acceptors (Lipinski definition) is 7. The zero-order chi connectivity index (χ0) is 24.1. The highest BCUT2D eigenvalue weighted by Crippen LogP contribution is 2.29. The summed E-state index contributed by atoms with van der Waals surface area (Å²) in [7, 11) is 3.94. The summed E-state index contributed by atoms with van der Waals surface area (Å²) in [6.07, 6.45) is 5.73. The van der Waals surface area contributed by atoms with Gasteiger partial charge in [0, 0.05) is 26.2 Å². The number of benzene rings is 2. The van der Waals surface area contributed by atoms with Crippen molar-refractivity contribution >= 4 is 16.7 Å². The number of phenolic OH excluding ortho intramolecular Hbond substituents is 2. The second-order valence-electron chi connectivity index (χ2n) is 8.47. The molecule has 0 amide bonds. The molecule has 7 nitrogen and oxygen atoms in total. The topological polar surface area (TPSA) is 99.5 Å². The van der Waals surface area contributed by atoms with Crippen molar-refractivity contribution in [3.05, 3.63) is 71.2 Å². The lowest BCUT2D eigenvalue weighted by Gasteiger charge is -2.24. The van der Waals surface area contributed by atoms with Crippen molar-refractivity contribution in [3.63, 3.8) is 0 Å². The summed E-state index contributed by atoms with van der Waals surface area (Å²) in [5, 5.41) is 31.4. The van der Waals surface area contributed by atoms with Crippen molar-refractivity contribution in [2.45, 2.75) is 26.4 Å². The fourth-order valence-electron chi connectivity index (χ4n) is 3.50. The smallest absolute Gasteiger partial charge is 0.342 e. The normalized spacial score (nSPS) is 17.2.